The molecule has 0 aliphatic rings. The number of esters is 2. The van der Waals surface area contributed by atoms with Gasteiger partial charge in [0.1, 0.15) is 19.8 Å². The Labute approximate surface area is 405 Å². The van der Waals surface area contributed by atoms with Crippen LogP contribution in [0.25, 0.3) is 0 Å². The van der Waals surface area contributed by atoms with Crippen molar-refractivity contribution >= 4 is 19.8 Å². The zero-order chi connectivity index (χ0) is 48.5. The molecule has 0 heterocycles. The molecule has 0 saturated heterocycles. The molecular weight excluding hydrogens is 846 g/mol. The van der Waals surface area contributed by atoms with Gasteiger partial charge in [-0.1, -0.05) is 214 Å². The van der Waals surface area contributed by atoms with Crippen LogP contribution < -0.4 is 0 Å². The minimum Gasteiger partial charge on any atom is -0.462 e. The second-order valence-corrected chi connectivity index (χ2v) is 20.0. The largest absolute Gasteiger partial charge is 0.472 e. The molecule has 66 heavy (non-hydrogen) atoms. The summed E-state index contributed by atoms with van der Waals surface area (Å²) in [5.74, 6) is -0.867. The first-order valence-corrected chi connectivity index (χ1v) is 27.8. The second-order valence-electron chi connectivity index (χ2n) is 18.5. The fourth-order valence-corrected chi connectivity index (χ4v) is 7.63. The highest BCUT2D eigenvalue weighted by Gasteiger charge is 2.27. The van der Waals surface area contributed by atoms with E-state index in [4.69, 9.17) is 18.5 Å². The molecule has 9 nitrogen and oxygen atoms in total. The van der Waals surface area contributed by atoms with E-state index in [1.165, 1.54) is 103 Å². The van der Waals surface area contributed by atoms with Crippen molar-refractivity contribution in [2.45, 2.75) is 213 Å². The summed E-state index contributed by atoms with van der Waals surface area (Å²) in [5, 5.41) is 0. The number of phosphoric acid groups is 1. The molecule has 0 rings (SSSR count). The average molecular weight is 945 g/mol. The van der Waals surface area contributed by atoms with Crippen molar-refractivity contribution in [1.82, 2.24) is 0 Å². The van der Waals surface area contributed by atoms with Crippen molar-refractivity contribution < 1.29 is 42.1 Å². The van der Waals surface area contributed by atoms with Gasteiger partial charge in [0.05, 0.1) is 27.7 Å². The van der Waals surface area contributed by atoms with Gasteiger partial charge in [0.2, 0.25) is 0 Å². The molecule has 0 fully saturated rings. The van der Waals surface area contributed by atoms with Crippen LogP contribution in [-0.4, -0.2) is 74.9 Å². The van der Waals surface area contributed by atoms with E-state index in [0.29, 0.717) is 23.9 Å². The van der Waals surface area contributed by atoms with E-state index in [1.54, 1.807) is 0 Å². The van der Waals surface area contributed by atoms with Crippen LogP contribution in [0.2, 0.25) is 0 Å². The average Bonchev–Trinajstić information content (AvgIpc) is 3.27. The van der Waals surface area contributed by atoms with Gasteiger partial charge in [-0.2, -0.15) is 0 Å². The normalized spacial score (nSPS) is 14.1. The van der Waals surface area contributed by atoms with Gasteiger partial charge in [0.25, 0.3) is 0 Å². The van der Waals surface area contributed by atoms with Crippen molar-refractivity contribution in [2.75, 3.05) is 47.5 Å². The fraction of sp³-hybridized carbons (Fsp3) is 0.714. The van der Waals surface area contributed by atoms with Gasteiger partial charge >= 0.3 is 19.8 Å². The van der Waals surface area contributed by atoms with Gasteiger partial charge in [-0.05, 0) is 64.2 Å². The van der Waals surface area contributed by atoms with Gasteiger partial charge < -0.3 is 18.9 Å². The lowest BCUT2D eigenvalue weighted by atomic mass is 10.0. The zero-order valence-electron chi connectivity index (χ0n) is 42.9. The van der Waals surface area contributed by atoms with Gasteiger partial charge in [0.15, 0.2) is 6.10 Å². The first-order chi connectivity index (χ1) is 32.0. The zero-order valence-corrected chi connectivity index (χ0v) is 43.8. The Morgan fingerprint density at radius 2 is 0.864 bits per heavy atom. The maximum atomic E-state index is 12.7. The van der Waals surface area contributed by atoms with Crippen LogP contribution in [-0.2, 0) is 32.7 Å². The van der Waals surface area contributed by atoms with Crippen LogP contribution in [0.4, 0.5) is 0 Å². The van der Waals surface area contributed by atoms with E-state index in [1.807, 2.05) is 27.2 Å². The molecule has 0 radical (unpaired) electrons. The van der Waals surface area contributed by atoms with E-state index < -0.39 is 26.5 Å². The molecule has 1 N–H and O–H groups in total. The third-order valence-electron chi connectivity index (χ3n) is 10.9. The Hall–Kier alpha value is -2.81. The molecule has 10 heteroatoms. The Morgan fingerprint density at radius 3 is 1.27 bits per heavy atom. The predicted molar refractivity (Wildman–Crippen MR) is 279 cm³/mol. The third kappa shape index (κ3) is 50.6. The van der Waals surface area contributed by atoms with Crippen LogP contribution in [0.5, 0.6) is 0 Å². The van der Waals surface area contributed by atoms with Gasteiger partial charge in [-0.25, -0.2) is 4.57 Å². The summed E-state index contributed by atoms with van der Waals surface area (Å²) in [4.78, 5) is 35.6. The Bertz CT molecular complexity index is 1390. The van der Waals surface area contributed by atoms with Crippen LogP contribution in [0.3, 0.4) is 0 Å². The minimum absolute atomic E-state index is 0.0176. The number of hydrogen-bond donors (Lipinski definition) is 1. The summed E-state index contributed by atoms with van der Waals surface area (Å²) >= 11 is 0. The number of allylic oxidation sites excluding steroid dienone is 14. The quantitative estimate of drug-likeness (QED) is 0.0211. The highest BCUT2D eigenvalue weighted by molar-refractivity contribution is 7.47. The Balaban J connectivity index is 4.36. The number of carbonyl (C=O) groups is 2. The highest BCUT2D eigenvalue weighted by atomic mass is 31.2. The fourth-order valence-electron chi connectivity index (χ4n) is 6.89. The monoisotopic (exact) mass is 945 g/mol. The molecule has 0 saturated carbocycles. The lowest BCUT2D eigenvalue weighted by Crippen LogP contribution is -2.37. The number of unbranched alkanes of at least 4 members (excludes halogenated alkanes) is 19. The minimum atomic E-state index is -4.40. The molecular formula is C56H99NO8P+. The van der Waals surface area contributed by atoms with E-state index in [0.717, 1.165) is 64.2 Å². The van der Waals surface area contributed by atoms with Gasteiger partial charge in [-0.3, -0.25) is 18.6 Å². The maximum Gasteiger partial charge on any atom is 0.472 e. The Morgan fingerprint density at radius 1 is 0.485 bits per heavy atom. The number of quaternary nitrogens is 1. The molecule has 0 spiro atoms. The number of rotatable bonds is 47. The van der Waals surface area contributed by atoms with Crippen molar-refractivity contribution in [3.8, 4) is 0 Å². The van der Waals surface area contributed by atoms with Crippen LogP contribution in [0.1, 0.15) is 206 Å². The summed E-state index contributed by atoms with van der Waals surface area (Å²) in [6, 6.07) is 0. The molecule has 0 aromatic carbocycles. The van der Waals surface area contributed by atoms with Crippen molar-refractivity contribution in [3.05, 3.63) is 85.1 Å². The molecule has 0 aromatic heterocycles. The molecule has 0 amide bonds. The van der Waals surface area contributed by atoms with E-state index in [-0.39, 0.29) is 32.0 Å². The van der Waals surface area contributed by atoms with Crippen LogP contribution in [0.15, 0.2) is 85.1 Å². The van der Waals surface area contributed by atoms with Gasteiger partial charge in [-0.15, -0.1) is 0 Å². The summed E-state index contributed by atoms with van der Waals surface area (Å²) in [6.07, 6.45) is 62.2. The second kappa shape index (κ2) is 47.3. The number of hydrogen-bond acceptors (Lipinski definition) is 7. The SMILES string of the molecule is CC/C=C\C/C=C\C/C=C\C/C=C\C/C=C\C/C=C\C/C=C\CCCC(=O)OC(COC(=O)CCCCCCCCCCCCCCCCCCCCC)COP(=O)(O)OCC[N+](C)(C)C. The van der Waals surface area contributed by atoms with Crippen LogP contribution in [0, 0.1) is 0 Å². The summed E-state index contributed by atoms with van der Waals surface area (Å²) in [6.45, 7) is 4.26. The standard InChI is InChI=1S/C56H98NO8P/c1-6-8-10-12-14-16-18-20-22-24-26-27-28-29-31-33-35-37-39-41-43-45-47-49-56(59)65-54(53-64-66(60,61)63-51-50-57(3,4)5)52-62-55(58)48-46-44-42-40-38-36-34-32-30-25-23-21-19-17-15-13-11-9-7-2/h8,10,14,16,20,22,26-27,29,31,35,37,41,43,54H,6-7,9,11-13,15,17-19,21,23-25,28,30,32-34,36,38-40,42,44-53H2,1-5H3/p+1/b10-8-,16-14-,22-20-,27-26-,31-29-,37-35-,43-41-. The van der Waals surface area contributed by atoms with E-state index >= 15 is 0 Å². The summed E-state index contributed by atoms with van der Waals surface area (Å²) in [5.41, 5.74) is 0. The van der Waals surface area contributed by atoms with Crippen molar-refractivity contribution in [2.24, 2.45) is 0 Å². The van der Waals surface area contributed by atoms with Crippen molar-refractivity contribution in [3.63, 3.8) is 0 Å². The lowest BCUT2D eigenvalue weighted by Gasteiger charge is -2.24. The number of likely N-dealkylation sites (N-methyl/N-ethyl adjacent to an activating group) is 1. The molecule has 2 atom stereocenters. The maximum absolute atomic E-state index is 12.7. The first kappa shape index (κ1) is 63.2. The molecule has 0 aliphatic heterocycles. The molecule has 0 bridgehead atoms. The Kier molecular flexibility index (Phi) is 45.3. The first-order valence-electron chi connectivity index (χ1n) is 26.3. The molecule has 2 unspecified atom stereocenters. The predicted octanol–water partition coefficient (Wildman–Crippen LogP) is 15.9. The smallest absolute Gasteiger partial charge is 0.462 e. The topological polar surface area (TPSA) is 108 Å². The van der Waals surface area contributed by atoms with Gasteiger partial charge in [0, 0.05) is 12.8 Å². The number of carbonyl (C=O) groups excluding carboxylic acids is 2. The molecule has 0 aromatic rings. The summed E-state index contributed by atoms with van der Waals surface area (Å²) < 4.78 is 34.4. The number of ether oxygens (including phenoxy) is 2. The van der Waals surface area contributed by atoms with Crippen LogP contribution >= 0.6 is 7.82 Å². The lowest BCUT2D eigenvalue weighted by molar-refractivity contribution is -0.870. The van der Waals surface area contributed by atoms with E-state index in [9.17, 15) is 19.0 Å². The number of phosphoric ester groups is 1. The molecule has 380 valence electrons. The van der Waals surface area contributed by atoms with E-state index in [2.05, 4.69) is 92.8 Å². The van der Waals surface area contributed by atoms with Crippen molar-refractivity contribution in [1.29, 1.82) is 0 Å². The number of nitrogens with zero attached hydrogens (tertiary/aromatic N) is 1. The molecule has 0 aliphatic carbocycles. The highest BCUT2D eigenvalue weighted by Crippen LogP contribution is 2.43. The third-order valence-corrected chi connectivity index (χ3v) is 11.9. The summed E-state index contributed by atoms with van der Waals surface area (Å²) in [7, 11) is 1.43.